The lowest BCUT2D eigenvalue weighted by molar-refractivity contribution is 0.102. The van der Waals surface area contributed by atoms with Crippen LogP contribution in [0.5, 0.6) is 11.5 Å². The average molecular weight is 413 g/mol. The monoisotopic (exact) mass is 412 g/mol. The minimum Gasteiger partial charge on any atom is -0.496 e. The average Bonchev–Trinajstić information content (AvgIpc) is 2.72. The largest absolute Gasteiger partial charge is 0.496 e. The Bertz CT molecular complexity index is 1030. The smallest absolute Gasteiger partial charge is 0.259 e. The van der Waals surface area contributed by atoms with Gasteiger partial charge >= 0.3 is 0 Å². The van der Waals surface area contributed by atoms with Gasteiger partial charge in [-0.25, -0.2) is 9.97 Å². The molecule has 0 spiro atoms. The summed E-state index contributed by atoms with van der Waals surface area (Å²) in [7, 11) is 3.16. The molecule has 1 amide bonds. The number of anilines is 2. The third-order valence-corrected chi connectivity index (χ3v) is 4.56. The highest BCUT2D eigenvalue weighted by Gasteiger charge is 2.13. The molecule has 0 saturated carbocycles. The number of aryl methyl sites for hydroxylation is 1. The fourth-order valence-electron chi connectivity index (χ4n) is 2.74. The van der Waals surface area contributed by atoms with Crippen LogP contribution < -0.4 is 20.1 Å². The van der Waals surface area contributed by atoms with Gasteiger partial charge in [0.05, 0.1) is 30.5 Å². The van der Waals surface area contributed by atoms with E-state index in [1.807, 2.05) is 24.3 Å². The Balaban J connectivity index is 1.68. The van der Waals surface area contributed by atoms with Crippen molar-refractivity contribution < 1.29 is 14.3 Å². The van der Waals surface area contributed by atoms with E-state index < -0.39 is 0 Å². The maximum Gasteiger partial charge on any atom is 0.259 e. The maximum absolute atomic E-state index is 12.6. The van der Waals surface area contributed by atoms with Crippen LogP contribution in [0, 0.1) is 6.92 Å². The van der Waals surface area contributed by atoms with Crippen LogP contribution >= 0.6 is 11.6 Å². The van der Waals surface area contributed by atoms with Crippen LogP contribution in [0.15, 0.2) is 48.7 Å². The zero-order chi connectivity index (χ0) is 20.8. The molecule has 2 N–H and O–H groups in total. The highest BCUT2D eigenvalue weighted by Crippen LogP contribution is 2.27. The number of benzene rings is 2. The van der Waals surface area contributed by atoms with Crippen molar-refractivity contribution >= 4 is 29.1 Å². The Hall–Kier alpha value is -3.32. The van der Waals surface area contributed by atoms with Crippen molar-refractivity contribution in [3.05, 3.63) is 70.5 Å². The Labute approximate surface area is 174 Å². The number of nitrogens with zero attached hydrogens (tertiary/aromatic N) is 2. The molecule has 2 aromatic carbocycles. The van der Waals surface area contributed by atoms with Gasteiger partial charge in [0.15, 0.2) is 0 Å². The van der Waals surface area contributed by atoms with E-state index in [0.29, 0.717) is 40.2 Å². The van der Waals surface area contributed by atoms with E-state index in [9.17, 15) is 4.79 Å². The number of nitrogens with one attached hydrogen (secondary N) is 2. The van der Waals surface area contributed by atoms with Gasteiger partial charge in [-0.2, -0.15) is 0 Å². The zero-order valence-electron chi connectivity index (χ0n) is 16.3. The highest BCUT2D eigenvalue weighted by atomic mass is 35.5. The topological polar surface area (TPSA) is 85.4 Å². The number of aromatic nitrogens is 2. The molecule has 3 rings (SSSR count). The summed E-state index contributed by atoms with van der Waals surface area (Å²) in [6.45, 7) is 2.26. The SMILES string of the molecule is COc1ccc(NC(=O)c2cnc(NCc3ccccc3OC)nc2C)cc1Cl. The fraction of sp³-hybridized carbons (Fsp3) is 0.190. The Morgan fingerprint density at radius 1 is 1.10 bits per heavy atom. The van der Waals surface area contributed by atoms with Gasteiger partial charge in [0.2, 0.25) is 5.95 Å². The first-order chi connectivity index (χ1) is 14.0. The van der Waals surface area contributed by atoms with Crippen molar-refractivity contribution in [2.45, 2.75) is 13.5 Å². The number of methoxy groups -OCH3 is 2. The van der Waals surface area contributed by atoms with E-state index in [2.05, 4.69) is 20.6 Å². The van der Waals surface area contributed by atoms with Crippen molar-refractivity contribution in [3.8, 4) is 11.5 Å². The number of hydrogen-bond donors (Lipinski definition) is 2. The third-order valence-electron chi connectivity index (χ3n) is 4.26. The van der Waals surface area contributed by atoms with Crippen molar-refractivity contribution in [3.63, 3.8) is 0 Å². The van der Waals surface area contributed by atoms with Crippen molar-refractivity contribution in [1.82, 2.24) is 9.97 Å². The number of ether oxygens (including phenoxy) is 2. The Kier molecular flexibility index (Phi) is 6.51. The minimum absolute atomic E-state index is 0.319. The van der Waals surface area contributed by atoms with Gasteiger partial charge in [0.25, 0.3) is 5.91 Å². The summed E-state index contributed by atoms with van der Waals surface area (Å²) in [5.74, 6) is 1.43. The molecule has 1 aromatic heterocycles. The van der Waals surface area contributed by atoms with E-state index in [4.69, 9.17) is 21.1 Å². The number of carbonyl (C=O) groups excluding carboxylic acids is 1. The summed E-state index contributed by atoms with van der Waals surface area (Å²) in [5.41, 5.74) is 2.47. The van der Waals surface area contributed by atoms with Gasteiger partial charge in [-0.1, -0.05) is 29.8 Å². The van der Waals surface area contributed by atoms with E-state index in [-0.39, 0.29) is 5.91 Å². The molecule has 150 valence electrons. The van der Waals surface area contributed by atoms with Gasteiger partial charge in [0, 0.05) is 24.0 Å². The number of carbonyl (C=O) groups is 1. The molecule has 8 heteroatoms. The first-order valence-corrected chi connectivity index (χ1v) is 9.24. The van der Waals surface area contributed by atoms with E-state index in [1.165, 1.54) is 13.3 Å². The predicted octanol–water partition coefficient (Wildman–Crippen LogP) is 4.32. The molecule has 1 heterocycles. The normalized spacial score (nSPS) is 10.3. The molecule has 0 bridgehead atoms. The zero-order valence-corrected chi connectivity index (χ0v) is 17.1. The number of hydrogen-bond acceptors (Lipinski definition) is 6. The molecule has 0 aliphatic heterocycles. The summed E-state index contributed by atoms with van der Waals surface area (Å²) >= 11 is 6.10. The van der Waals surface area contributed by atoms with Crippen LogP contribution in [0.2, 0.25) is 5.02 Å². The maximum atomic E-state index is 12.6. The number of halogens is 1. The number of rotatable bonds is 7. The van der Waals surface area contributed by atoms with Crippen LogP contribution in [0.1, 0.15) is 21.6 Å². The van der Waals surface area contributed by atoms with Crippen molar-refractivity contribution in [2.75, 3.05) is 24.9 Å². The molecule has 7 nitrogen and oxygen atoms in total. The molecular weight excluding hydrogens is 392 g/mol. The Morgan fingerprint density at radius 2 is 1.86 bits per heavy atom. The van der Waals surface area contributed by atoms with E-state index in [1.54, 1.807) is 32.2 Å². The molecule has 29 heavy (non-hydrogen) atoms. The van der Waals surface area contributed by atoms with Crippen LogP contribution in [0.25, 0.3) is 0 Å². The van der Waals surface area contributed by atoms with E-state index in [0.717, 1.165) is 11.3 Å². The quantitative estimate of drug-likeness (QED) is 0.601. The third kappa shape index (κ3) is 4.94. The summed E-state index contributed by atoms with van der Waals surface area (Å²) < 4.78 is 10.4. The standard InChI is InChI=1S/C21H21ClN4O3/c1-13-16(20(27)26-15-8-9-19(29-3)17(22)10-15)12-24-21(25-13)23-11-14-6-4-5-7-18(14)28-2/h4-10,12H,11H2,1-3H3,(H,26,27)(H,23,24,25). The summed E-state index contributed by atoms with van der Waals surface area (Å²) in [5, 5.41) is 6.35. The van der Waals surface area contributed by atoms with Crippen LogP contribution in [-0.4, -0.2) is 30.1 Å². The lowest BCUT2D eigenvalue weighted by Crippen LogP contribution is -2.16. The highest BCUT2D eigenvalue weighted by molar-refractivity contribution is 6.32. The van der Waals surface area contributed by atoms with Gasteiger partial charge < -0.3 is 20.1 Å². The molecule has 0 atom stereocenters. The lowest BCUT2D eigenvalue weighted by Gasteiger charge is -2.11. The summed E-state index contributed by atoms with van der Waals surface area (Å²) in [6.07, 6.45) is 1.49. The molecule has 0 aliphatic carbocycles. The van der Waals surface area contributed by atoms with Gasteiger partial charge in [0.1, 0.15) is 11.5 Å². The molecule has 0 aliphatic rings. The van der Waals surface area contributed by atoms with Gasteiger partial charge in [-0.05, 0) is 31.2 Å². The van der Waals surface area contributed by atoms with Crippen LogP contribution in [0.4, 0.5) is 11.6 Å². The van der Waals surface area contributed by atoms with E-state index >= 15 is 0 Å². The minimum atomic E-state index is -0.319. The van der Waals surface area contributed by atoms with Crippen molar-refractivity contribution in [1.29, 1.82) is 0 Å². The summed E-state index contributed by atoms with van der Waals surface area (Å²) in [4.78, 5) is 21.2. The molecule has 3 aromatic rings. The molecule has 0 saturated heterocycles. The molecule has 0 fully saturated rings. The molecule has 0 radical (unpaired) electrons. The molecule has 0 unspecified atom stereocenters. The van der Waals surface area contributed by atoms with Crippen LogP contribution in [0.3, 0.4) is 0 Å². The summed E-state index contributed by atoms with van der Waals surface area (Å²) in [6, 6.07) is 12.7. The second kappa shape index (κ2) is 9.25. The lowest BCUT2D eigenvalue weighted by atomic mass is 10.2. The first kappa shape index (κ1) is 20.4. The first-order valence-electron chi connectivity index (χ1n) is 8.86. The van der Waals surface area contributed by atoms with Gasteiger partial charge in [-0.3, -0.25) is 4.79 Å². The predicted molar refractivity (Wildman–Crippen MR) is 113 cm³/mol. The Morgan fingerprint density at radius 3 is 2.55 bits per heavy atom. The number of amides is 1. The van der Waals surface area contributed by atoms with Gasteiger partial charge in [-0.15, -0.1) is 0 Å². The fourth-order valence-corrected chi connectivity index (χ4v) is 3.00. The van der Waals surface area contributed by atoms with Crippen LogP contribution in [-0.2, 0) is 6.54 Å². The second-order valence-corrected chi connectivity index (χ2v) is 6.57. The number of para-hydroxylation sites is 1. The van der Waals surface area contributed by atoms with Crippen molar-refractivity contribution in [2.24, 2.45) is 0 Å². The molecular formula is C21H21ClN4O3. The second-order valence-electron chi connectivity index (χ2n) is 6.16.